The van der Waals surface area contributed by atoms with Gasteiger partial charge >= 0.3 is 0 Å². The molecule has 0 aliphatic carbocycles. The molecule has 1 unspecified atom stereocenters. The molecular formula is C20H20N6O. The highest BCUT2D eigenvalue weighted by Crippen LogP contribution is 2.46. The zero-order chi connectivity index (χ0) is 18.4. The van der Waals surface area contributed by atoms with Crippen LogP contribution in [-0.4, -0.2) is 50.0 Å². The first-order valence-corrected chi connectivity index (χ1v) is 9.21. The highest BCUT2D eigenvalue weighted by molar-refractivity contribution is 5.92. The first-order valence-electron chi connectivity index (χ1n) is 9.21. The highest BCUT2D eigenvalue weighted by Gasteiger charge is 2.50. The molecule has 0 bridgehead atoms. The predicted octanol–water partition coefficient (Wildman–Crippen LogP) is 2.24. The van der Waals surface area contributed by atoms with E-state index >= 15 is 0 Å². The molecule has 1 spiro atoms. The van der Waals surface area contributed by atoms with Crippen LogP contribution >= 0.6 is 0 Å². The summed E-state index contributed by atoms with van der Waals surface area (Å²) in [5, 5.41) is 0. The molecule has 0 saturated carbocycles. The van der Waals surface area contributed by atoms with Crippen molar-refractivity contribution in [1.29, 1.82) is 0 Å². The molecule has 3 aromatic rings. The number of hydrogen-bond donors (Lipinski definition) is 0. The van der Waals surface area contributed by atoms with E-state index in [0.717, 1.165) is 24.5 Å². The smallest absolute Gasteiger partial charge is 0.274 e. The van der Waals surface area contributed by atoms with Gasteiger partial charge in [0, 0.05) is 44.4 Å². The molecule has 2 aliphatic rings. The van der Waals surface area contributed by atoms with Crippen LogP contribution in [0.2, 0.25) is 0 Å². The minimum Gasteiger partial charge on any atom is -0.356 e. The number of pyridine rings is 1. The van der Waals surface area contributed by atoms with Crippen LogP contribution in [-0.2, 0) is 5.54 Å². The Morgan fingerprint density at radius 3 is 2.93 bits per heavy atom. The van der Waals surface area contributed by atoms with Gasteiger partial charge in [-0.25, -0.2) is 9.97 Å². The Balaban J connectivity index is 1.58. The normalized spacial score (nSPS) is 20.6. The van der Waals surface area contributed by atoms with Crippen LogP contribution < -0.4 is 4.90 Å². The number of likely N-dealkylation sites (tertiary alicyclic amines) is 1. The SMILES string of the molecule is CCN1c2cccnc2-n2cccc2C12CCN(C(=O)c1cnccn1)C2. The van der Waals surface area contributed by atoms with E-state index in [9.17, 15) is 4.79 Å². The third-order valence-electron chi connectivity index (χ3n) is 5.66. The molecule has 7 nitrogen and oxygen atoms in total. The molecule has 7 heteroatoms. The molecular weight excluding hydrogens is 340 g/mol. The maximum atomic E-state index is 12.9. The van der Waals surface area contributed by atoms with Crippen molar-refractivity contribution in [2.24, 2.45) is 0 Å². The fourth-order valence-electron chi connectivity index (χ4n) is 4.54. The Morgan fingerprint density at radius 2 is 2.11 bits per heavy atom. The zero-order valence-corrected chi connectivity index (χ0v) is 15.1. The lowest BCUT2D eigenvalue weighted by Crippen LogP contribution is -2.52. The maximum Gasteiger partial charge on any atom is 0.274 e. The summed E-state index contributed by atoms with van der Waals surface area (Å²) in [4.78, 5) is 30.1. The van der Waals surface area contributed by atoms with Crippen molar-refractivity contribution in [3.8, 4) is 5.82 Å². The van der Waals surface area contributed by atoms with Crippen molar-refractivity contribution in [2.75, 3.05) is 24.5 Å². The molecule has 1 saturated heterocycles. The molecule has 0 radical (unpaired) electrons. The number of aromatic nitrogens is 4. The zero-order valence-electron chi connectivity index (χ0n) is 15.1. The molecule has 1 amide bonds. The number of nitrogens with zero attached hydrogens (tertiary/aromatic N) is 6. The van der Waals surface area contributed by atoms with Crippen molar-refractivity contribution in [3.63, 3.8) is 0 Å². The van der Waals surface area contributed by atoms with Crippen LogP contribution in [0.15, 0.2) is 55.2 Å². The van der Waals surface area contributed by atoms with Crippen molar-refractivity contribution in [2.45, 2.75) is 18.9 Å². The number of hydrogen-bond acceptors (Lipinski definition) is 5. The number of fused-ring (bicyclic) bond motifs is 4. The molecule has 1 atom stereocenters. The van der Waals surface area contributed by atoms with E-state index in [1.807, 2.05) is 17.2 Å². The van der Waals surface area contributed by atoms with Crippen molar-refractivity contribution >= 4 is 11.6 Å². The van der Waals surface area contributed by atoms with Gasteiger partial charge in [-0.2, -0.15) is 0 Å². The van der Waals surface area contributed by atoms with Crippen LogP contribution in [0.4, 0.5) is 5.69 Å². The second-order valence-corrected chi connectivity index (χ2v) is 6.95. The second-order valence-electron chi connectivity index (χ2n) is 6.95. The Kier molecular flexibility index (Phi) is 3.50. The van der Waals surface area contributed by atoms with Crippen molar-refractivity contribution < 1.29 is 4.79 Å². The van der Waals surface area contributed by atoms with E-state index in [1.54, 1.807) is 12.4 Å². The largest absolute Gasteiger partial charge is 0.356 e. The summed E-state index contributed by atoms with van der Waals surface area (Å²) in [5.41, 5.74) is 2.43. The molecule has 136 valence electrons. The van der Waals surface area contributed by atoms with Gasteiger partial charge in [0.15, 0.2) is 5.82 Å². The van der Waals surface area contributed by atoms with Gasteiger partial charge in [-0.3, -0.25) is 9.78 Å². The molecule has 5 rings (SSSR count). The van der Waals surface area contributed by atoms with Gasteiger partial charge in [-0.15, -0.1) is 0 Å². The third-order valence-corrected chi connectivity index (χ3v) is 5.66. The molecule has 1 fully saturated rings. The molecule has 0 aromatic carbocycles. The lowest BCUT2D eigenvalue weighted by atomic mass is 9.89. The molecule has 27 heavy (non-hydrogen) atoms. The van der Waals surface area contributed by atoms with E-state index in [-0.39, 0.29) is 11.4 Å². The minimum atomic E-state index is -0.258. The Hall–Kier alpha value is -3.22. The van der Waals surface area contributed by atoms with Gasteiger partial charge in [0.05, 0.1) is 17.6 Å². The molecule has 2 aliphatic heterocycles. The van der Waals surface area contributed by atoms with Gasteiger partial charge in [0.1, 0.15) is 11.2 Å². The average Bonchev–Trinajstić information content (AvgIpc) is 3.37. The lowest BCUT2D eigenvalue weighted by Gasteiger charge is -2.46. The fourth-order valence-corrected chi connectivity index (χ4v) is 4.54. The monoisotopic (exact) mass is 360 g/mol. The Morgan fingerprint density at radius 1 is 1.19 bits per heavy atom. The number of anilines is 1. The number of carbonyl (C=O) groups is 1. The molecule has 0 N–H and O–H groups in total. The Labute approximate surface area is 157 Å². The van der Waals surface area contributed by atoms with Crippen LogP contribution in [0.3, 0.4) is 0 Å². The van der Waals surface area contributed by atoms with Gasteiger partial charge in [-0.1, -0.05) is 0 Å². The first-order chi connectivity index (χ1) is 13.2. The highest BCUT2D eigenvalue weighted by atomic mass is 16.2. The summed E-state index contributed by atoms with van der Waals surface area (Å²) in [7, 11) is 0. The first kappa shape index (κ1) is 16.0. The molecule has 3 aromatic heterocycles. The predicted molar refractivity (Wildman–Crippen MR) is 101 cm³/mol. The minimum absolute atomic E-state index is 0.0638. The topological polar surface area (TPSA) is 67.2 Å². The van der Waals surface area contributed by atoms with Crippen molar-refractivity contribution in [3.05, 3.63) is 66.6 Å². The number of rotatable bonds is 2. The van der Waals surface area contributed by atoms with Gasteiger partial charge in [-0.05, 0) is 37.6 Å². The summed E-state index contributed by atoms with van der Waals surface area (Å²) in [6.07, 6.45) is 9.43. The van der Waals surface area contributed by atoms with Gasteiger partial charge in [0.25, 0.3) is 5.91 Å². The van der Waals surface area contributed by atoms with Crippen LogP contribution in [0, 0.1) is 0 Å². The number of carbonyl (C=O) groups excluding carboxylic acids is 1. The lowest BCUT2D eigenvalue weighted by molar-refractivity contribution is 0.0776. The number of likely N-dealkylation sites (N-methyl/N-ethyl adjacent to an activating group) is 1. The van der Waals surface area contributed by atoms with Crippen molar-refractivity contribution in [1.82, 2.24) is 24.4 Å². The summed E-state index contributed by atoms with van der Waals surface area (Å²) >= 11 is 0. The van der Waals surface area contributed by atoms with Gasteiger partial charge < -0.3 is 14.4 Å². The van der Waals surface area contributed by atoms with E-state index < -0.39 is 0 Å². The molecule has 5 heterocycles. The van der Waals surface area contributed by atoms with E-state index in [4.69, 9.17) is 0 Å². The summed E-state index contributed by atoms with van der Waals surface area (Å²) in [6, 6.07) is 8.29. The van der Waals surface area contributed by atoms with Gasteiger partial charge in [0.2, 0.25) is 0 Å². The van der Waals surface area contributed by atoms with Crippen LogP contribution in [0.25, 0.3) is 5.82 Å². The summed E-state index contributed by atoms with van der Waals surface area (Å²) < 4.78 is 2.16. The van der Waals surface area contributed by atoms with E-state index in [0.29, 0.717) is 18.8 Å². The standard InChI is InChI=1S/C20H20N6O/c1-2-26-16-5-3-8-23-18(16)25-11-4-6-17(25)20(26)7-12-24(14-20)19(27)15-13-21-9-10-22-15/h3-6,8-11,13H,2,7,12,14H2,1H3. The van der Waals surface area contributed by atoms with Crippen LogP contribution in [0.5, 0.6) is 0 Å². The average molecular weight is 360 g/mol. The quantitative estimate of drug-likeness (QED) is 0.701. The number of amides is 1. The van der Waals surface area contributed by atoms with E-state index in [1.165, 1.54) is 11.9 Å². The second kappa shape index (κ2) is 5.90. The van der Waals surface area contributed by atoms with E-state index in [2.05, 4.69) is 55.7 Å². The van der Waals surface area contributed by atoms with Crippen LogP contribution in [0.1, 0.15) is 29.5 Å². The Bertz CT molecular complexity index is 1000. The summed E-state index contributed by atoms with van der Waals surface area (Å²) in [6.45, 7) is 4.31. The summed E-state index contributed by atoms with van der Waals surface area (Å²) in [5.74, 6) is 0.884. The fraction of sp³-hybridized carbons (Fsp3) is 0.300. The third kappa shape index (κ3) is 2.21. The maximum absolute atomic E-state index is 12.9.